The second-order valence-electron chi connectivity index (χ2n) is 5.50. The Labute approximate surface area is 100 Å². The zero-order valence-electron chi connectivity index (χ0n) is 10.9. The lowest BCUT2D eigenvalue weighted by molar-refractivity contribution is 0.0527. The van der Waals surface area contributed by atoms with Gasteiger partial charge in [-0.2, -0.15) is 0 Å². The lowest BCUT2D eigenvalue weighted by Gasteiger charge is -2.32. The van der Waals surface area contributed by atoms with E-state index in [0.29, 0.717) is 6.54 Å². The fourth-order valence-corrected chi connectivity index (χ4v) is 2.40. The summed E-state index contributed by atoms with van der Waals surface area (Å²) >= 11 is 0. The molecule has 1 saturated heterocycles. The molecule has 0 amide bonds. The van der Waals surface area contributed by atoms with Crippen molar-refractivity contribution in [3.63, 3.8) is 0 Å². The van der Waals surface area contributed by atoms with Crippen LogP contribution in [0.5, 0.6) is 0 Å². The van der Waals surface area contributed by atoms with Gasteiger partial charge in [0.2, 0.25) is 0 Å². The maximum atomic E-state index is 9.79. The van der Waals surface area contributed by atoms with Crippen LogP contribution in [0.15, 0.2) is 0 Å². The summed E-state index contributed by atoms with van der Waals surface area (Å²) in [4.78, 5) is 2.53. The molecule has 1 atom stereocenters. The van der Waals surface area contributed by atoms with Crippen molar-refractivity contribution in [3.8, 4) is 0 Å². The van der Waals surface area contributed by atoms with Crippen molar-refractivity contribution in [2.24, 2.45) is 11.7 Å². The first-order valence-corrected chi connectivity index (χ1v) is 6.72. The van der Waals surface area contributed by atoms with E-state index in [2.05, 4.69) is 11.8 Å². The predicted octanol–water partition coefficient (Wildman–Crippen LogP) is 1.60. The lowest BCUT2D eigenvalue weighted by atomic mass is 9.94. The highest BCUT2D eigenvalue weighted by molar-refractivity contribution is 4.75. The molecule has 1 aliphatic heterocycles. The Kier molecular flexibility index (Phi) is 5.73. The van der Waals surface area contributed by atoms with Gasteiger partial charge in [0.15, 0.2) is 0 Å². The van der Waals surface area contributed by atoms with Gasteiger partial charge < -0.3 is 15.7 Å². The standard InChI is InChI=1S/C13H28N2O/c1-3-12-5-9-15(10-6-12)8-4-7-13(2,16)11-14/h12,16H,3-11,14H2,1-2H3. The second-order valence-corrected chi connectivity index (χ2v) is 5.50. The first-order chi connectivity index (χ1) is 7.57. The number of piperidine rings is 1. The minimum absolute atomic E-state index is 0.366. The third kappa shape index (κ3) is 4.81. The molecule has 0 saturated carbocycles. The third-order valence-corrected chi connectivity index (χ3v) is 3.91. The molecule has 3 nitrogen and oxygen atoms in total. The summed E-state index contributed by atoms with van der Waals surface area (Å²) < 4.78 is 0. The summed E-state index contributed by atoms with van der Waals surface area (Å²) in [6.07, 6.45) is 5.90. The molecule has 96 valence electrons. The topological polar surface area (TPSA) is 49.5 Å². The lowest BCUT2D eigenvalue weighted by Crippen LogP contribution is -2.37. The van der Waals surface area contributed by atoms with Crippen molar-refractivity contribution in [2.75, 3.05) is 26.2 Å². The van der Waals surface area contributed by atoms with Gasteiger partial charge in [-0.3, -0.25) is 0 Å². The summed E-state index contributed by atoms with van der Waals surface area (Å²) in [5.41, 5.74) is 4.83. The Morgan fingerprint density at radius 2 is 2.00 bits per heavy atom. The number of aliphatic hydroxyl groups is 1. The summed E-state index contributed by atoms with van der Waals surface area (Å²) in [6.45, 7) is 8.08. The average molecular weight is 228 g/mol. The molecular weight excluding hydrogens is 200 g/mol. The maximum Gasteiger partial charge on any atom is 0.0741 e. The van der Waals surface area contributed by atoms with E-state index in [0.717, 1.165) is 25.3 Å². The smallest absolute Gasteiger partial charge is 0.0741 e. The number of hydrogen-bond donors (Lipinski definition) is 2. The van der Waals surface area contributed by atoms with Gasteiger partial charge in [0.1, 0.15) is 0 Å². The van der Waals surface area contributed by atoms with E-state index in [1.807, 2.05) is 6.92 Å². The quantitative estimate of drug-likeness (QED) is 0.726. The number of hydrogen-bond acceptors (Lipinski definition) is 3. The van der Waals surface area contributed by atoms with E-state index in [1.165, 1.54) is 32.4 Å². The average Bonchev–Trinajstić information content (AvgIpc) is 2.30. The van der Waals surface area contributed by atoms with Crippen LogP contribution in [0.2, 0.25) is 0 Å². The highest BCUT2D eigenvalue weighted by Gasteiger charge is 2.20. The highest BCUT2D eigenvalue weighted by Crippen LogP contribution is 2.20. The number of nitrogens with two attached hydrogens (primary N) is 1. The number of likely N-dealkylation sites (tertiary alicyclic amines) is 1. The SMILES string of the molecule is CCC1CCN(CCCC(C)(O)CN)CC1. The largest absolute Gasteiger partial charge is 0.389 e. The van der Waals surface area contributed by atoms with Crippen LogP contribution < -0.4 is 5.73 Å². The molecule has 1 unspecified atom stereocenters. The molecule has 1 heterocycles. The molecule has 0 aromatic carbocycles. The van der Waals surface area contributed by atoms with Crippen molar-refractivity contribution in [1.82, 2.24) is 4.90 Å². The second kappa shape index (κ2) is 6.58. The monoisotopic (exact) mass is 228 g/mol. The van der Waals surface area contributed by atoms with Crippen molar-refractivity contribution in [3.05, 3.63) is 0 Å². The van der Waals surface area contributed by atoms with Crippen LogP contribution in [0.25, 0.3) is 0 Å². The van der Waals surface area contributed by atoms with E-state index in [-0.39, 0.29) is 0 Å². The molecule has 0 aliphatic carbocycles. The zero-order chi connectivity index (χ0) is 12.0. The van der Waals surface area contributed by atoms with Gasteiger partial charge in [-0.25, -0.2) is 0 Å². The van der Waals surface area contributed by atoms with Crippen LogP contribution in [0, 0.1) is 5.92 Å². The van der Waals surface area contributed by atoms with Gasteiger partial charge in [-0.1, -0.05) is 13.3 Å². The van der Waals surface area contributed by atoms with E-state index < -0.39 is 5.60 Å². The first kappa shape index (κ1) is 13.9. The van der Waals surface area contributed by atoms with Crippen LogP contribution in [0.4, 0.5) is 0 Å². The zero-order valence-corrected chi connectivity index (χ0v) is 10.9. The Hall–Kier alpha value is -0.120. The Bertz CT molecular complexity index is 186. The van der Waals surface area contributed by atoms with Crippen LogP contribution in [-0.4, -0.2) is 41.8 Å². The summed E-state index contributed by atoms with van der Waals surface area (Å²) in [5, 5.41) is 9.79. The molecular formula is C13H28N2O. The van der Waals surface area contributed by atoms with Crippen molar-refractivity contribution >= 4 is 0 Å². The number of nitrogens with zero attached hydrogens (tertiary/aromatic N) is 1. The fraction of sp³-hybridized carbons (Fsp3) is 1.00. The van der Waals surface area contributed by atoms with E-state index in [1.54, 1.807) is 0 Å². The van der Waals surface area contributed by atoms with Gasteiger partial charge in [0.05, 0.1) is 5.60 Å². The summed E-state index contributed by atoms with van der Waals surface area (Å²) in [7, 11) is 0. The van der Waals surface area contributed by atoms with Gasteiger partial charge in [-0.05, 0) is 58.2 Å². The molecule has 16 heavy (non-hydrogen) atoms. The normalized spacial score (nSPS) is 23.2. The van der Waals surface area contributed by atoms with Gasteiger partial charge in [0.25, 0.3) is 0 Å². The van der Waals surface area contributed by atoms with Crippen LogP contribution in [-0.2, 0) is 0 Å². The molecule has 0 aromatic heterocycles. The molecule has 1 aliphatic rings. The third-order valence-electron chi connectivity index (χ3n) is 3.91. The van der Waals surface area contributed by atoms with E-state index in [9.17, 15) is 5.11 Å². The number of rotatable bonds is 6. The minimum Gasteiger partial charge on any atom is -0.389 e. The van der Waals surface area contributed by atoms with Crippen molar-refractivity contribution in [2.45, 2.75) is 51.6 Å². The Morgan fingerprint density at radius 3 is 2.50 bits per heavy atom. The fourth-order valence-electron chi connectivity index (χ4n) is 2.40. The summed E-state index contributed by atoms with van der Waals surface area (Å²) in [5.74, 6) is 0.948. The molecule has 3 N–H and O–H groups in total. The molecule has 1 rings (SSSR count). The van der Waals surface area contributed by atoms with E-state index >= 15 is 0 Å². The maximum absolute atomic E-state index is 9.79. The minimum atomic E-state index is -0.665. The van der Waals surface area contributed by atoms with Gasteiger partial charge in [-0.15, -0.1) is 0 Å². The van der Waals surface area contributed by atoms with Gasteiger partial charge >= 0.3 is 0 Å². The van der Waals surface area contributed by atoms with Gasteiger partial charge in [0, 0.05) is 6.54 Å². The van der Waals surface area contributed by atoms with Crippen LogP contribution in [0.1, 0.15) is 46.0 Å². The van der Waals surface area contributed by atoms with Crippen LogP contribution in [0.3, 0.4) is 0 Å². The molecule has 0 radical (unpaired) electrons. The molecule has 3 heteroatoms. The molecule has 1 fully saturated rings. The van der Waals surface area contributed by atoms with E-state index in [4.69, 9.17) is 5.73 Å². The van der Waals surface area contributed by atoms with Crippen molar-refractivity contribution in [1.29, 1.82) is 0 Å². The van der Waals surface area contributed by atoms with Crippen molar-refractivity contribution < 1.29 is 5.11 Å². The summed E-state index contributed by atoms with van der Waals surface area (Å²) in [6, 6.07) is 0. The molecule has 0 spiro atoms. The Morgan fingerprint density at radius 1 is 1.38 bits per heavy atom. The Balaban J connectivity index is 2.11. The highest BCUT2D eigenvalue weighted by atomic mass is 16.3. The molecule has 0 aromatic rings. The predicted molar refractivity (Wildman–Crippen MR) is 68.4 cm³/mol. The van der Waals surface area contributed by atoms with Crippen LogP contribution >= 0.6 is 0 Å². The first-order valence-electron chi connectivity index (χ1n) is 6.72. The molecule has 0 bridgehead atoms.